The molecule has 8 heteroatoms. The first-order valence-electron chi connectivity index (χ1n) is 4.87. The van der Waals surface area contributed by atoms with Crippen LogP contribution in [0.15, 0.2) is 10.9 Å². The lowest BCUT2D eigenvalue weighted by molar-refractivity contribution is -0.141. The van der Waals surface area contributed by atoms with Crippen LogP contribution < -0.4 is 15.5 Å². The lowest BCUT2D eigenvalue weighted by atomic mass is 10.2. The summed E-state index contributed by atoms with van der Waals surface area (Å²) in [5.41, 5.74) is -2.12. The third-order valence-electron chi connectivity index (χ3n) is 2.12. The maximum atomic E-state index is 12.4. The van der Waals surface area contributed by atoms with Crippen molar-refractivity contribution in [3.8, 4) is 5.88 Å². The Morgan fingerprint density at radius 3 is 2.56 bits per heavy atom. The van der Waals surface area contributed by atoms with E-state index in [0.717, 1.165) is 7.11 Å². The second-order valence-electron chi connectivity index (χ2n) is 3.47. The van der Waals surface area contributed by atoms with Crippen LogP contribution in [-0.4, -0.2) is 18.0 Å². The predicted octanol–water partition coefficient (Wildman–Crippen LogP) is 1.04. The number of aromatic amines is 1. The Balaban J connectivity index is 3.21. The molecule has 1 amide bonds. The van der Waals surface area contributed by atoms with Gasteiger partial charge >= 0.3 is 6.18 Å². The molecule has 0 aliphatic rings. The van der Waals surface area contributed by atoms with Gasteiger partial charge in [0.1, 0.15) is 5.69 Å². The molecule has 1 rings (SSSR count). The van der Waals surface area contributed by atoms with Crippen molar-refractivity contribution in [3.63, 3.8) is 0 Å². The predicted molar refractivity (Wildman–Crippen MR) is 56.1 cm³/mol. The Bertz CT molecular complexity index is 508. The number of hydrogen-bond donors (Lipinski definition) is 2. The Labute approximate surface area is 100.0 Å². The summed E-state index contributed by atoms with van der Waals surface area (Å²) in [7, 11) is 1.13. The molecule has 1 aromatic heterocycles. The van der Waals surface area contributed by atoms with Gasteiger partial charge in [-0.15, -0.1) is 0 Å². The molecule has 100 valence electrons. The van der Waals surface area contributed by atoms with Crippen LogP contribution in [0.3, 0.4) is 0 Å². The van der Waals surface area contributed by atoms with E-state index in [4.69, 9.17) is 0 Å². The van der Waals surface area contributed by atoms with Crippen molar-refractivity contribution in [2.45, 2.75) is 19.6 Å². The maximum Gasteiger partial charge on any atom is 0.431 e. The van der Waals surface area contributed by atoms with Gasteiger partial charge in [-0.2, -0.15) is 13.2 Å². The Morgan fingerprint density at radius 2 is 2.11 bits per heavy atom. The van der Waals surface area contributed by atoms with Crippen LogP contribution in [0.4, 0.5) is 13.2 Å². The minimum absolute atomic E-state index is 0.0688. The van der Waals surface area contributed by atoms with Crippen molar-refractivity contribution in [3.05, 3.63) is 27.5 Å². The second-order valence-corrected chi connectivity index (χ2v) is 3.47. The highest BCUT2D eigenvalue weighted by Gasteiger charge is 2.33. The van der Waals surface area contributed by atoms with Gasteiger partial charge in [-0.25, -0.2) is 0 Å². The number of methoxy groups -OCH3 is 1. The molecule has 18 heavy (non-hydrogen) atoms. The number of alkyl halides is 3. The molecule has 0 aromatic carbocycles. The summed E-state index contributed by atoms with van der Waals surface area (Å²) in [6.45, 7) is 1.02. The van der Waals surface area contributed by atoms with Gasteiger partial charge in [-0.3, -0.25) is 9.59 Å². The average molecular weight is 264 g/mol. The summed E-state index contributed by atoms with van der Waals surface area (Å²) in [6, 6.07) is 0.430. The Kier molecular flexibility index (Phi) is 4.00. The fraction of sp³-hybridized carbons (Fsp3) is 0.400. The minimum atomic E-state index is -4.67. The van der Waals surface area contributed by atoms with Gasteiger partial charge in [-0.05, 0) is 0 Å². The van der Waals surface area contributed by atoms with Crippen molar-refractivity contribution in [1.82, 2.24) is 10.3 Å². The van der Waals surface area contributed by atoms with E-state index < -0.39 is 23.2 Å². The number of hydrogen-bond acceptors (Lipinski definition) is 3. The fourth-order valence-corrected chi connectivity index (χ4v) is 1.27. The summed E-state index contributed by atoms with van der Waals surface area (Å²) < 4.78 is 42.0. The molecule has 0 unspecified atom stereocenters. The highest BCUT2D eigenvalue weighted by Crippen LogP contribution is 2.28. The Hall–Kier alpha value is -1.99. The van der Waals surface area contributed by atoms with Crippen molar-refractivity contribution in [2.75, 3.05) is 7.11 Å². The van der Waals surface area contributed by atoms with Crippen molar-refractivity contribution in [1.29, 1.82) is 0 Å². The number of amides is 1. The number of ether oxygens (including phenoxy) is 1. The molecule has 0 spiro atoms. The summed E-state index contributed by atoms with van der Waals surface area (Å²) in [6.07, 6.45) is -4.67. The first-order valence-corrected chi connectivity index (χ1v) is 4.87. The van der Waals surface area contributed by atoms with E-state index >= 15 is 0 Å². The molecule has 0 saturated heterocycles. The number of aromatic nitrogens is 1. The van der Waals surface area contributed by atoms with Crippen LogP contribution in [0, 0.1) is 0 Å². The first-order chi connectivity index (χ1) is 8.25. The molecular formula is C10H11F3N2O3. The molecule has 2 N–H and O–H groups in total. The summed E-state index contributed by atoms with van der Waals surface area (Å²) in [4.78, 5) is 24.2. The standard InChI is InChI=1S/C10H11F3N2O3/c1-5(16)14-4-6-7(17)3-8(10(11,12)13)15-9(6)18-2/h3H,4H2,1-2H3,(H,14,16)(H,15,17). The number of rotatable bonds is 3. The molecule has 0 aliphatic heterocycles. The molecule has 0 bridgehead atoms. The van der Waals surface area contributed by atoms with Crippen LogP contribution in [-0.2, 0) is 17.5 Å². The fourth-order valence-electron chi connectivity index (χ4n) is 1.27. The van der Waals surface area contributed by atoms with E-state index in [1.807, 2.05) is 4.98 Å². The van der Waals surface area contributed by atoms with Gasteiger partial charge in [0.05, 0.1) is 19.2 Å². The van der Waals surface area contributed by atoms with E-state index in [1.54, 1.807) is 0 Å². The van der Waals surface area contributed by atoms with Crippen LogP contribution in [0.2, 0.25) is 0 Å². The van der Waals surface area contributed by atoms with Crippen molar-refractivity contribution < 1.29 is 22.7 Å². The molecule has 1 heterocycles. The number of carbonyl (C=O) groups is 1. The monoisotopic (exact) mass is 264 g/mol. The first kappa shape index (κ1) is 14.1. The molecule has 1 aromatic rings. The third-order valence-corrected chi connectivity index (χ3v) is 2.12. The zero-order valence-electron chi connectivity index (χ0n) is 9.64. The molecular weight excluding hydrogens is 253 g/mol. The van der Waals surface area contributed by atoms with Crippen molar-refractivity contribution >= 4 is 5.91 Å². The smallest absolute Gasteiger partial charge is 0.431 e. The SMILES string of the molecule is COc1[nH]c(C(F)(F)F)cc(=O)c1CNC(C)=O. The highest BCUT2D eigenvalue weighted by atomic mass is 19.4. The zero-order chi connectivity index (χ0) is 13.9. The van der Waals surface area contributed by atoms with Crippen LogP contribution in [0.1, 0.15) is 18.2 Å². The van der Waals surface area contributed by atoms with E-state index in [1.165, 1.54) is 6.92 Å². The average Bonchev–Trinajstić information content (AvgIpc) is 2.24. The van der Waals surface area contributed by atoms with E-state index in [-0.39, 0.29) is 18.0 Å². The largest absolute Gasteiger partial charge is 0.482 e. The lowest BCUT2D eigenvalue weighted by Gasteiger charge is -2.12. The maximum absolute atomic E-state index is 12.4. The summed E-state index contributed by atoms with van der Waals surface area (Å²) in [5, 5.41) is 2.32. The van der Waals surface area contributed by atoms with Crippen molar-refractivity contribution in [2.24, 2.45) is 0 Å². The number of halogens is 3. The van der Waals surface area contributed by atoms with E-state index in [0.29, 0.717) is 6.07 Å². The summed E-state index contributed by atoms with van der Waals surface area (Å²) >= 11 is 0. The number of nitrogens with one attached hydrogen (secondary N) is 2. The zero-order valence-corrected chi connectivity index (χ0v) is 9.64. The number of carbonyl (C=O) groups excluding carboxylic acids is 1. The van der Waals surface area contributed by atoms with Gasteiger partial charge in [0.2, 0.25) is 5.91 Å². The van der Waals surface area contributed by atoms with Crippen LogP contribution in [0.25, 0.3) is 0 Å². The number of H-pyrrole nitrogens is 1. The van der Waals surface area contributed by atoms with Crippen LogP contribution in [0.5, 0.6) is 5.88 Å². The molecule has 0 fully saturated rings. The third kappa shape index (κ3) is 3.25. The van der Waals surface area contributed by atoms with Gasteiger partial charge < -0.3 is 15.0 Å². The molecule has 0 aliphatic carbocycles. The molecule has 5 nitrogen and oxygen atoms in total. The van der Waals surface area contributed by atoms with Gasteiger partial charge in [0.15, 0.2) is 11.3 Å². The van der Waals surface area contributed by atoms with Gasteiger partial charge in [-0.1, -0.05) is 0 Å². The summed E-state index contributed by atoms with van der Waals surface area (Å²) in [5.74, 6) is -0.722. The molecule has 0 radical (unpaired) electrons. The molecule has 0 saturated carbocycles. The topological polar surface area (TPSA) is 71.2 Å². The minimum Gasteiger partial charge on any atom is -0.482 e. The van der Waals surface area contributed by atoms with E-state index in [9.17, 15) is 22.8 Å². The van der Waals surface area contributed by atoms with Gasteiger partial charge in [0.25, 0.3) is 0 Å². The second kappa shape index (κ2) is 5.11. The van der Waals surface area contributed by atoms with E-state index in [2.05, 4.69) is 10.1 Å². The molecule has 0 atom stereocenters. The number of pyridine rings is 1. The van der Waals surface area contributed by atoms with Crippen LogP contribution >= 0.6 is 0 Å². The normalized spacial score (nSPS) is 11.2. The van der Waals surface area contributed by atoms with Gasteiger partial charge in [0, 0.05) is 13.0 Å². The quantitative estimate of drug-likeness (QED) is 0.856. The highest BCUT2D eigenvalue weighted by molar-refractivity contribution is 5.72. The Morgan fingerprint density at radius 1 is 1.50 bits per heavy atom. The lowest BCUT2D eigenvalue weighted by Crippen LogP contribution is -2.26.